The van der Waals surface area contributed by atoms with Crippen molar-refractivity contribution in [1.29, 1.82) is 0 Å². The Bertz CT molecular complexity index is 3080. The largest absolute Gasteiger partial charge is 0.330 e. The Kier molecular flexibility index (Phi) is 6.25. The Morgan fingerprint density at radius 3 is 1.60 bits per heavy atom. The second-order valence-electron chi connectivity index (χ2n) is 13.4. The van der Waals surface area contributed by atoms with Gasteiger partial charge >= 0.3 is 0 Å². The molecule has 0 spiro atoms. The first kappa shape index (κ1) is 28.8. The van der Waals surface area contributed by atoms with E-state index in [1.165, 1.54) is 48.6 Å². The predicted molar refractivity (Wildman–Crippen MR) is 217 cm³/mol. The summed E-state index contributed by atoms with van der Waals surface area (Å²) in [5, 5.41) is 13.5. The molecular formula is C47H31N5. The third kappa shape index (κ3) is 4.23. The second kappa shape index (κ2) is 11.3. The molecule has 244 valence electrons. The van der Waals surface area contributed by atoms with Crippen molar-refractivity contribution in [2.75, 3.05) is 0 Å². The van der Waals surface area contributed by atoms with E-state index in [9.17, 15) is 0 Å². The van der Waals surface area contributed by atoms with Crippen LogP contribution in [0.4, 0.5) is 0 Å². The molecule has 0 amide bonds. The maximum atomic E-state index is 5.37. The average molecular weight is 666 g/mol. The van der Waals surface area contributed by atoms with E-state index in [-0.39, 0.29) is 6.17 Å². The van der Waals surface area contributed by atoms with Gasteiger partial charge in [0.2, 0.25) is 5.96 Å². The molecule has 1 atom stereocenters. The number of hydrogen-bond donors (Lipinski definition) is 1. The van der Waals surface area contributed by atoms with Crippen molar-refractivity contribution >= 4 is 77.0 Å². The summed E-state index contributed by atoms with van der Waals surface area (Å²) in [5.41, 5.74) is 7.65. The lowest BCUT2D eigenvalue weighted by atomic mass is 10.0. The first-order valence-electron chi connectivity index (χ1n) is 17.7. The average Bonchev–Trinajstić information content (AvgIpc) is 3.75. The minimum Gasteiger partial charge on any atom is -0.330 e. The maximum Gasteiger partial charge on any atom is 0.212 e. The van der Waals surface area contributed by atoms with Crippen molar-refractivity contribution in [3.8, 4) is 5.69 Å². The Hall–Kier alpha value is -6.98. The molecule has 3 heterocycles. The molecule has 1 aliphatic heterocycles. The standard InChI is InChI=1S/C47H31N5/c1-4-16-32(17-5-1)45-48-46(33-18-6-2-7-19-33)50-47(49-45)52-40-29-25-31-15-11-13-23-36(31)42(40)38-27-26-37-41-35-22-12-10-14-30(35)24-28-39(41)51(43(37)44(38)52)34-20-8-3-9-21-34/h1-29,45H,(H,48,49,50). The Morgan fingerprint density at radius 2 is 0.962 bits per heavy atom. The highest BCUT2D eigenvalue weighted by atomic mass is 15.3. The highest BCUT2D eigenvalue weighted by molar-refractivity contribution is 6.32. The molecular weight excluding hydrogens is 635 g/mol. The first-order valence-corrected chi connectivity index (χ1v) is 17.7. The molecule has 2 aromatic heterocycles. The fraction of sp³-hybridized carbons (Fsp3) is 0.0213. The van der Waals surface area contributed by atoms with Crippen molar-refractivity contribution in [3.05, 3.63) is 187 Å². The maximum absolute atomic E-state index is 5.37. The van der Waals surface area contributed by atoms with Crippen LogP contribution in [0, 0.1) is 0 Å². The molecule has 0 bridgehead atoms. The molecule has 0 radical (unpaired) electrons. The molecule has 0 saturated heterocycles. The van der Waals surface area contributed by atoms with E-state index in [0.717, 1.165) is 39.3 Å². The molecule has 52 heavy (non-hydrogen) atoms. The van der Waals surface area contributed by atoms with Crippen LogP contribution in [-0.4, -0.2) is 20.9 Å². The van der Waals surface area contributed by atoms with Gasteiger partial charge in [0.25, 0.3) is 0 Å². The van der Waals surface area contributed by atoms with E-state index >= 15 is 0 Å². The van der Waals surface area contributed by atoms with Gasteiger partial charge in [-0.1, -0.05) is 152 Å². The van der Waals surface area contributed by atoms with Gasteiger partial charge in [-0.15, -0.1) is 0 Å². The van der Waals surface area contributed by atoms with Crippen molar-refractivity contribution < 1.29 is 0 Å². The highest BCUT2D eigenvalue weighted by Crippen LogP contribution is 2.44. The molecule has 5 heteroatoms. The zero-order chi connectivity index (χ0) is 34.2. The number of fused-ring (bicyclic) bond motifs is 11. The van der Waals surface area contributed by atoms with Gasteiger partial charge in [-0.25, -0.2) is 4.99 Å². The fourth-order valence-corrected chi connectivity index (χ4v) is 8.27. The van der Waals surface area contributed by atoms with Gasteiger partial charge in [-0.2, -0.15) is 4.99 Å². The van der Waals surface area contributed by atoms with Gasteiger partial charge in [-0.05, 0) is 51.4 Å². The lowest BCUT2D eigenvalue weighted by Crippen LogP contribution is -2.37. The van der Waals surface area contributed by atoms with E-state index in [1.54, 1.807) is 0 Å². The SMILES string of the molecule is c1ccc(C2=NC(c3ccccc3)NC(n3c4ccc5ccccc5c4c4ccc5c6c7ccccc7ccc6n(-c6ccccc6)c5c43)=N2)cc1. The fourth-order valence-electron chi connectivity index (χ4n) is 8.27. The number of rotatable bonds is 3. The molecule has 0 saturated carbocycles. The van der Waals surface area contributed by atoms with E-state index in [2.05, 4.69) is 166 Å². The number of benzene rings is 8. The molecule has 1 unspecified atom stereocenters. The van der Waals surface area contributed by atoms with Gasteiger partial charge in [0.1, 0.15) is 6.17 Å². The number of nitrogens with zero attached hydrogens (tertiary/aromatic N) is 4. The highest BCUT2D eigenvalue weighted by Gasteiger charge is 2.28. The van der Waals surface area contributed by atoms with Crippen molar-refractivity contribution in [2.24, 2.45) is 9.98 Å². The van der Waals surface area contributed by atoms with Gasteiger partial charge in [0, 0.05) is 32.8 Å². The van der Waals surface area contributed by atoms with E-state index in [4.69, 9.17) is 9.98 Å². The quantitative estimate of drug-likeness (QED) is 0.201. The van der Waals surface area contributed by atoms with E-state index in [1.807, 2.05) is 24.3 Å². The molecule has 5 nitrogen and oxygen atoms in total. The van der Waals surface area contributed by atoms with Crippen molar-refractivity contribution in [3.63, 3.8) is 0 Å². The topological polar surface area (TPSA) is 46.6 Å². The Morgan fingerprint density at radius 1 is 0.442 bits per heavy atom. The Balaban J connectivity index is 1.34. The number of para-hydroxylation sites is 1. The summed E-state index contributed by atoms with van der Waals surface area (Å²) in [4.78, 5) is 10.6. The van der Waals surface area contributed by atoms with Crippen molar-refractivity contribution in [2.45, 2.75) is 6.17 Å². The smallest absolute Gasteiger partial charge is 0.212 e. The number of aromatic nitrogens is 2. The molecule has 11 rings (SSSR count). The van der Waals surface area contributed by atoms with Gasteiger partial charge < -0.3 is 9.88 Å². The summed E-state index contributed by atoms with van der Waals surface area (Å²) >= 11 is 0. The van der Waals surface area contributed by atoms with Crippen LogP contribution in [0.25, 0.3) is 70.8 Å². The normalized spacial score (nSPS) is 14.7. The zero-order valence-corrected chi connectivity index (χ0v) is 28.1. The summed E-state index contributed by atoms with van der Waals surface area (Å²) in [6.45, 7) is 0. The number of aliphatic imine (C=N–C) groups is 2. The van der Waals surface area contributed by atoms with Crippen LogP contribution in [-0.2, 0) is 0 Å². The lowest BCUT2D eigenvalue weighted by Gasteiger charge is -2.25. The van der Waals surface area contributed by atoms with Crippen LogP contribution in [0.2, 0.25) is 0 Å². The lowest BCUT2D eigenvalue weighted by molar-refractivity contribution is 0.661. The number of amidine groups is 1. The van der Waals surface area contributed by atoms with E-state index < -0.39 is 0 Å². The summed E-state index contributed by atoms with van der Waals surface area (Å²) in [6.07, 6.45) is -0.333. The Labute approximate surface area is 299 Å². The number of nitrogens with one attached hydrogen (secondary N) is 1. The van der Waals surface area contributed by atoms with Crippen LogP contribution in [0.1, 0.15) is 17.3 Å². The number of hydrogen-bond acceptors (Lipinski definition) is 3. The summed E-state index contributed by atoms with van der Waals surface area (Å²) < 4.78 is 4.80. The second-order valence-corrected chi connectivity index (χ2v) is 13.4. The van der Waals surface area contributed by atoms with Crippen LogP contribution < -0.4 is 5.32 Å². The molecule has 0 fully saturated rings. The van der Waals surface area contributed by atoms with Gasteiger partial charge in [-0.3, -0.25) is 4.57 Å². The van der Waals surface area contributed by atoms with Gasteiger partial charge in [0.05, 0.1) is 22.1 Å². The van der Waals surface area contributed by atoms with Crippen LogP contribution >= 0.6 is 0 Å². The molecule has 1 aliphatic rings. The van der Waals surface area contributed by atoms with E-state index in [0.29, 0.717) is 5.84 Å². The van der Waals surface area contributed by atoms with Gasteiger partial charge in [0.15, 0.2) is 5.84 Å². The van der Waals surface area contributed by atoms with Crippen molar-refractivity contribution in [1.82, 2.24) is 14.5 Å². The van der Waals surface area contributed by atoms with Crippen LogP contribution in [0.15, 0.2) is 186 Å². The molecule has 10 aromatic rings. The monoisotopic (exact) mass is 665 g/mol. The first-order chi connectivity index (χ1) is 25.8. The minimum atomic E-state index is -0.333. The summed E-state index contributed by atoms with van der Waals surface area (Å²) in [5.74, 6) is 1.43. The summed E-state index contributed by atoms with van der Waals surface area (Å²) in [7, 11) is 0. The predicted octanol–water partition coefficient (Wildman–Crippen LogP) is 11.2. The third-order valence-corrected chi connectivity index (χ3v) is 10.5. The molecule has 0 aliphatic carbocycles. The van der Waals surface area contributed by atoms with Crippen LogP contribution in [0.5, 0.6) is 0 Å². The third-order valence-electron chi connectivity index (χ3n) is 10.5. The zero-order valence-electron chi connectivity index (χ0n) is 28.1. The van der Waals surface area contributed by atoms with Crippen LogP contribution in [0.3, 0.4) is 0 Å². The molecule has 8 aromatic carbocycles. The summed E-state index contributed by atoms with van der Waals surface area (Å²) in [6, 6.07) is 62.6. The molecule has 1 N–H and O–H groups in total. The minimum absolute atomic E-state index is 0.333.